The molecular weight excluding hydrogens is 404 g/mol. The van der Waals surface area contributed by atoms with Gasteiger partial charge in [-0.05, 0) is 47.2 Å². The van der Waals surface area contributed by atoms with E-state index in [9.17, 15) is 14.7 Å². The zero-order chi connectivity index (χ0) is 22.3. The Morgan fingerprint density at radius 2 is 1.62 bits per heavy atom. The zero-order valence-electron chi connectivity index (χ0n) is 17.5. The van der Waals surface area contributed by atoms with E-state index in [0.29, 0.717) is 19.4 Å². The number of rotatable bonds is 8. The van der Waals surface area contributed by atoms with Crippen molar-refractivity contribution >= 4 is 23.0 Å². The number of ether oxygens (including phenoxy) is 1. The van der Waals surface area contributed by atoms with Crippen LogP contribution in [-0.2, 0) is 17.8 Å². The Bertz CT molecular complexity index is 1220. The summed E-state index contributed by atoms with van der Waals surface area (Å²) in [5, 5.41) is 13.3. The van der Waals surface area contributed by atoms with E-state index in [1.807, 2.05) is 78.9 Å². The van der Waals surface area contributed by atoms with Crippen molar-refractivity contribution < 1.29 is 19.4 Å². The van der Waals surface area contributed by atoms with Gasteiger partial charge in [0.2, 0.25) is 0 Å². The molecule has 0 bridgehead atoms. The lowest BCUT2D eigenvalue weighted by molar-refractivity contribution is 0.0690. The summed E-state index contributed by atoms with van der Waals surface area (Å²) in [6, 6.07) is 25.3. The fourth-order valence-corrected chi connectivity index (χ4v) is 3.73. The van der Waals surface area contributed by atoms with Crippen LogP contribution in [0.15, 0.2) is 78.9 Å². The minimum absolute atomic E-state index is 0.192. The van der Waals surface area contributed by atoms with Gasteiger partial charge in [0.25, 0.3) is 0 Å². The molecule has 3 N–H and O–H groups in total. The maximum atomic E-state index is 11.9. The second-order valence-corrected chi connectivity index (χ2v) is 7.50. The van der Waals surface area contributed by atoms with E-state index < -0.39 is 12.1 Å². The average Bonchev–Trinajstić information content (AvgIpc) is 3.20. The summed E-state index contributed by atoms with van der Waals surface area (Å²) >= 11 is 0. The van der Waals surface area contributed by atoms with Crippen LogP contribution in [0.3, 0.4) is 0 Å². The number of aromatic amines is 1. The van der Waals surface area contributed by atoms with Gasteiger partial charge < -0.3 is 20.1 Å². The first-order chi connectivity index (χ1) is 15.6. The van der Waals surface area contributed by atoms with E-state index in [4.69, 9.17) is 4.74 Å². The summed E-state index contributed by atoms with van der Waals surface area (Å²) in [4.78, 5) is 26.7. The maximum absolute atomic E-state index is 11.9. The molecule has 0 saturated heterocycles. The molecule has 1 heterocycles. The van der Waals surface area contributed by atoms with Crippen LogP contribution in [0.1, 0.15) is 28.0 Å². The summed E-state index contributed by atoms with van der Waals surface area (Å²) in [7, 11) is 0. The molecule has 0 aliphatic heterocycles. The van der Waals surface area contributed by atoms with E-state index in [1.165, 1.54) is 0 Å². The molecule has 1 aromatic heterocycles. The van der Waals surface area contributed by atoms with Gasteiger partial charge in [0.15, 0.2) is 0 Å². The third-order valence-electron chi connectivity index (χ3n) is 5.31. The van der Waals surface area contributed by atoms with Crippen LogP contribution in [0.25, 0.3) is 22.0 Å². The van der Waals surface area contributed by atoms with E-state index >= 15 is 0 Å². The molecule has 0 unspecified atom stereocenters. The van der Waals surface area contributed by atoms with E-state index in [0.717, 1.165) is 33.2 Å². The predicted octanol–water partition coefficient (Wildman–Crippen LogP) is 5.39. The quantitative estimate of drug-likeness (QED) is 0.328. The standard InChI is InChI=1S/C26H24N2O4/c29-25(30)24-21(12-7-15-27-26(31)32-17-18-8-3-1-4-9-18)22-16-20(13-14-23(22)28-24)19-10-5-2-6-11-19/h1-6,8-11,13-14,16,28H,7,12,15,17H2,(H,27,31)(H,29,30). The Hall–Kier alpha value is -4.06. The van der Waals surface area contributed by atoms with Crippen LogP contribution in [0.2, 0.25) is 0 Å². The van der Waals surface area contributed by atoms with Gasteiger partial charge in [-0.15, -0.1) is 0 Å². The molecule has 0 atom stereocenters. The number of amides is 1. The van der Waals surface area contributed by atoms with Crippen LogP contribution in [-0.4, -0.2) is 28.7 Å². The first-order valence-electron chi connectivity index (χ1n) is 10.5. The number of aryl methyl sites for hydroxylation is 1. The summed E-state index contributed by atoms with van der Waals surface area (Å²) in [5.74, 6) is -0.993. The second kappa shape index (κ2) is 9.83. The molecule has 4 aromatic rings. The van der Waals surface area contributed by atoms with Crippen molar-refractivity contribution in [1.29, 1.82) is 0 Å². The molecule has 0 radical (unpaired) electrons. The minimum atomic E-state index is -0.993. The highest BCUT2D eigenvalue weighted by atomic mass is 16.5. The molecule has 162 valence electrons. The van der Waals surface area contributed by atoms with Gasteiger partial charge in [0, 0.05) is 17.4 Å². The van der Waals surface area contributed by atoms with Crippen molar-refractivity contribution in [2.75, 3.05) is 6.54 Å². The molecule has 6 nitrogen and oxygen atoms in total. The van der Waals surface area contributed by atoms with Crippen LogP contribution < -0.4 is 5.32 Å². The monoisotopic (exact) mass is 428 g/mol. The molecule has 6 heteroatoms. The number of carbonyl (C=O) groups is 2. The van der Waals surface area contributed by atoms with Gasteiger partial charge in [0.1, 0.15) is 12.3 Å². The summed E-state index contributed by atoms with van der Waals surface area (Å²) in [5.41, 5.74) is 4.73. The number of aromatic nitrogens is 1. The van der Waals surface area contributed by atoms with Crippen molar-refractivity contribution in [3.63, 3.8) is 0 Å². The fraction of sp³-hybridized carbons (Fsp3) is 0.154. The van der Waals surface area contributed by atoms with Crippen LogP contribution >= 0.6 is 0 Å². The smallest absolute Gasteiger partial charge is 0.407 e. The summed E-state index contributed by atoms with van der Waals surface area (Å²) < 4.78 is 5.21. The molecule has 1 amide bonds. The number of hydrogen-bond donors (Lipinski definition) is 3. The van der Waals surface area contributed by atoms with Gasteiger partial charge in [0.05, 0.1) is 0 Å². The lowest BCUT2D eigenvalue weighted by atomic mass is 10.00. The van der Waals surface area contributed by atoms with Gasteiger partial charge in [-0.25, -0.2) is 9.59 Å². The number of carbonyl (C=O) groups excluding carboxylic acids is 1. The molecule has 0 fully saturated rings. The van der Waals surface area contributed by atoms with E-state index in [2.05, 4.69) is 10.3 Å². The largest absolute Gasteiger partial charge is 0.477 e. The molecule has 0 aliphatic carbocycles. The highest BCUT2D eigenvalue weighted by Gasteiger charge is 2.17. The lowest BCUT2D eigenvalue weighted by Gasteiger charge is -2.08. The fourth-order valence-electron chi connectivity index (χ4n) is 3.73. The van der Waals surface area contributed by atoms with Crippen molar-refractivity contribution in [3.8, 4) is 11.1 Å². The van der Waals surface area contributed by atoms with Crippen molar-refractivity contribution in [3.05, 3.63) is 95.7 Å². The SMILES string of the molecule is O=C(NCCCc1c(C(=O)O)[nH]c2ccc(-c3ccccc3)cc12)OCc1ccccc1. The van der Waals surface area contributed by atoms with Gasteiger partial charge in [-0.2, -0.15) is 0 Å². The summed E-state index contributed by atoms with van der Waals surface area (Å²) in [6.07, 6.45) is 0.611. The second-order valence-electron chi connectivity index (χ2n) is 7.50. The number of carboxylic acids is 1. The number of aromatic carboxylic acids is 1. The Morgan fingerprint density at radius 1 is 0.906 bits per heavy atom. The Kier molecular flexibility index (Phi) is 6.51. The predicted molar refractivity (Wildman–Crippen MR) is 124 cm³/mol. The Balaban J connectivity index is 1.41. The number of nitrogens with one attached hydrogen (secondary N) is 2. The van der Waals surface area contributed by atoms with Crippen LogP contribution in [0.4, 0.5) is 4.79 Å². The highest BCUT2D eigenvalue weighted by Crippen LogP contribution is 2.29. The van der Waals surface area contributed by atoms with Crippen molar-refractivity contribution in [2.45, 2.75) is 19.4 Å². The van der Waals surface area contributed by atoms with Gasteiger partial charge in [-0.1, -0.05) is 66.7 Å². The lowest BCUT2D eigenvalue weighted by Crippen LogP contribution is -2.25. The third-order valence-corrected chi connectivity index (χ3v) is 5.31. The Labute approximate surface area is 185 Å². The number of fused-ring (bicyclic) bond motifs is 1. The molecule has 0 aliphatic rings. The third kappa shape index (κ3) is 4.98. The van der Waals surface area contributed by atoms with E-state index in [-0.39, 0.29) is 12.3 Å². The van der Waals surface area contributed by atoms with Gasteiger partial charge >= 0.3 is 12.1 Å². The first-order valence-corrected chi connectivity index (χ1v) is 10.5. The molecule has 3 aromatic carbocycles. The van der Waals surface area contributed by atoms with Crippen LogP contribution in [0.5, 0.6) is 0 Å². The molecule has 32 heavy (non-hydrogen) atoms. The highest BCUT2D eigenvalue weighted by molar-refractivity contribution is 5.98. The molecule has 4 rings (SSSR count). The average molecular weight is 428 g/mol. The maximum Gasteiger partial charge on any atom is 0.407 e. The van der Waals surface area contributed by atoms with Crippen molar-refractivity contribution in [2.24, 2.45) is 0 Å². The first kappa shape index (κ1) is 21.2. The molecule has 0 saturated carbocycles. The number of alkyl carbamates (subject to hydrolysis) is 1. The molecule has 0 spiro atoms. The Morgan fingerprint density at radius 3 is 2.34 bits per heavy atom. The number of benzene rings is 3. The normalized spacial score (nSPS) is 10.8. The molecular formula is C26H24N2O4. The number of H-pyrrole nitrogens is 1. The number of carboxylic acid groups (broad SMARTS) is 1. The van der Waals surface area contributed by atoms with Crippen LogP contribution in [0, 0.1) is 0 Å². The summed E-state index contributed by atoms with van der Waals surface area (Å²) in [6.45, 7) is 0.596. The van der Waals surface area contributed by atoms with E-state index in [1.54, 1.807) is 0 Å². The van der Waals surface area contributed by atoms with Gasteiger partial charge in [-0.3, -0.25) is 0 Å². The minimum Gasteiger partial charge on any atom is -0.477 e. The topological polar surface area (TPSA) is 91.4 Å². The number of hydrogen-bond acceptors (Lipinski definition) is 3. The van der Waals surface area contributed by atoms with Crippen molar-refractivity contribution in [1.82, 2.24) is 10.3 Å². The zero-order valence-corrected chi connectivity index (χ0v) is 17.5.